The fraction of sp³-hybridized carbons (Fsp3) is 0.400. The first-order valence-electron chi connectivity index (χ1n) is 9.12. The maximum Gasteiger partial charge on any atom is 0.160 e. The zero-order chi connectivity index (χ0) is 17.8. The molecule has 4 rings (SSSR count). The molecule has 3 heterocycles. The largest absolute Gasteiger partial charge is 0.497 e. The standard InChI is InChI=1S/C20H24N4O2/c1-25-17-5-7-18(8-6-17)26-15-14-23-12-9-16(10-13-23)20-22-21-19-4-2-3-11-24(19)20/h2-8,11,16H,9-10,12-15H2,1H3. The van der Waals surface area contributed by atoms with Crippen LogP contribution >= 0.6 is 0 Å². The van der Waals surface area contributed by atoms with Crippen LogP contribution in [0, 0.1) is 0 Å². The van der Waals surface area contributed by atoms with Crippen LogP contribution in [-0.4, -0.2) is 52.8 Å². The molecule has 1 aromatic carbocycles. The second kappa shape index (κ2) is 7.74. The lowest BCUT2D eigenvalue weighted by Crippen LogP contribution is -2.36. The summed E-state index contributed by atoms with van der Waals surface area (Å²) < 4.78 is 13.1. The average Bonchev–Trinajstić information content (AvgIpc) is 3.13. The lowest BCUT2D eigenvalue weighted by molar-refractivity contribution is 0.171. The molecule has 0 N–H and O–H groups in total. The average molecular weight is 352 g/mol. The van der Waals surface area contributed by atoms with E-state index in [1.807, 2.05) is 42.5 Å². The van der Waals surface area contributed by atoms with E-state index in [-0.39, 0.29) is 0 Å². The summed E-state index contributed by atoms with van der Waals surface area (Å²) in [4.78, 5) is 2.46. The van der Waals surface area contributed by atoms with Crippen LogP contribution in [0.1, 0.15) is 24.6 Å². The van der Waals surface area contributed by atoms with E-state index in [0.29, 0.717) is 12.5 Å². The van der Waals surface area contributed by atoms with Gasteiger partial charge in [-0.2, -0.15) is 0 Å². The van der Waals surface area contributed by atoms with E-state index in [9.17, 15) is 0 Å². The summed E-state index contributed by atoms with van der Waals surface area (Å²) >= 11 is 0. The third kappa shape index (κ3) is 3.65. The molecule has 0 atom stereocenters. The lowest BCUT2D eigenvalue weighted by atomic mass is 9.96. The summed E-state index contributed by atoms with van der Waals surface area (Å²) in [5, 5.41) is 8.70. The van der Waals surface area contributed by atoms with Crippen LogP contribution in [0.15, 0.2) is 48.7 Å². The fourth-order valence-corrected chi connectivity index (χ4v) is 3.52. The van der Waals surface area contributed by atoms with Crippen molar-refractivity contribution in [2.24, 2.45) is 0 Å². The van der Waals surface area contributed by atoms with Crippen LogP contribution in [0.3, 0.4) is 0 Å². The molecule has 0 radical (unpaired) electrons. The van der Waals surface area contributed by atoms with E-state index in [4.69, 9.17) is 9.47 Å². The van der Waals surface area contributed by atoms with E-state index in [0.717, 1.165) is 55.4 Å². The van der Waals surface area contributed by atoms with Gasteiger partial charge in [0.05, 0.1) is 7.11 Å². The molecule has 0 spiro atoms. The third-order valence-corrected chi connectivity index (χ3v) is 5.03. The Balaban J connectivity index is 1.26. The second-order valence-electron chi connectivity index (χ2n) is 6.63. The summed E-state index contributed by atoms with van der Waals surface area (Å²) in [6.07, 6.45) is 4.27. The fourth-order valence-electron chi connectivity index (χ4n) is 3.52. The van der Waals surface area contributed by atoms with E-state index < -0.39 is 0 Å². The van der Waals surface area contributed by atoms with Gasteiger partial charge in [-0.05, 0) is 62.3 Å². The van der Waals surface area contributed by atoms with Gasteiger partial charge >= 0.3 is 0 Å². The van der Waals surface area contributed by atoms with Crippen LogP contribution < -0.4 is 9.47 Å². The van der Waals surface area contributed by atoms with E-state index in [1.54, 1.807) is 7.11 Å². The number of hydrogen-bond acceptors (Lipinski definition) is 5. The third-order valence-electron chi connectivity index (χ3n) is 5.03. The lowest BCUT2D eigenvalue weighted by Gasteiger charge is -2.31. The van der Waals surface area contributed by atoms with E-state index in [1.165, 1.54) is 0 Å². The smallest absolute Gasteiger partial charge is 0.160 e. The Morgan fingerprint density at radius 3 is 2.54 bits per heavy atom. The minimum Gasteiger partial charge on any atom is -0.497 e. The molecule has 26 heavy (non-hydrogen) atoms. The SMILES string of the molecule is COc1ccc(OCCN2CCC(c3nnc4ccccn34)CC2)cc1. The number of rotatable bonds is 6. The Kier molecular flexibility index (Phi) is 5.02. The molecule has 136 valence electrons. The number of aromatic nitrogens is 3. The molecular formula is C20H24N4O2. The molecule has 0 amide bonds. The van der Waals surface area contributed by atoms with Gasteiger partial charge in [-0.1, -0.05) is 6.07 Å². The molecule has 2 aromatic heterocycles. The van der Waals surface area contributed by atoms with Crippen molar-refractivity contribution in [1.29, 1.82) is 0 Å². The summed E-state index contributed by atoms with van der Waals surface area (Å²) in [5.41, 5.74) is 0.929. The number of ether oxygens (including phenoxy) is 2. The van der Waals surface area contributed by atoms with Gasteiger partial charge in [0, 0.05) is 18.7 Å². The number of pyridine rings is 1. The van der Waals surface area contributed by atoms with Crippen molar-refractivity contribution in [1.82, 2.24) is 19.5 Å². The zero-order valence-electron chi connectivity index (χ0n) is 15.0. The number of benzene rings is 1. The maximum absolute atomic E-state index is 5.84. The Morgan fingerprint density at radius 1 is 1.00 bits per heavy atom. The molecular weight excluding hydrogens is 328 g/mol. The maximum atomic E-state index is 5.84. The van der Waals surface area contributed by atoms with Crippen molar-refractivity contribution in [3.8, 4) is 11.5 Å². The highest BCUT2D eigenvalue weighted by Gasteiger charge is 2.24. The van der Waals surface area contributed by atoms with Crippen molar-refractivity contribution in [2.75, 3.05) is 33.4 Å². The summed E-state index contributed by atoms with van der Waals surface area (Å²) in [6, 6.07) is 13.8. The number of fused-ring (bicyclic) bond motifs is 1. The molecule has 1 aliphatic rings. The van der Waals surface area contributed by atoms with Crippen LogP contribution in [0.25, 0.3) is 5.65 Å². The van der Waals surface area contributed by atoms with Gasteiger partial charge in [0.1, 0.15) is 23.9 Å². The van der Waals surface area contributed by atoms with Crippen LogP contribution in [0.2, 0.25) is 0 Å². The number of piperidine rings is 1. The first-order valence-corrected chi connectivity index (χ1v) is 9.12. The highest BCUT2D eigenvalue weighted by Crippen LogP contribution is 2.27. The summed E-state index contributed by atoms with van der Waals surface area (Å²) in [5.74, 6) is 3.30. The van der Waals surface area contributed by atoms with Crippen molar-refractivity contribution in [3.05, 3.63) is 54.5 Å². The Hall–Kier alpha value is -2.60. The monoisotopic (exact) mass is 352 g/mol. The molecule has 6 heteroatoms. The van der Waals surface area contributed by atoms with Gasteiger partial charge in [0.2, 0.25) is 0 Å². The predicted octanol–water partition coefficient (Wildman–Crippen LogP) is 3.00. The molecule has 6 nitrogen and oxygen atoms in total. The minimum atomic E-state index is 0.478. The molecule has 3 aromatic rings. The molecule has 1 saturated heterocycles. The van der Waals surface area contributed by atoms with Gasteiger partial charge in [-0.25, -0.2) is 0 Å². The molecule has 0 saturated carbocycles. The van der Waals surface area contributed by atoms with Crippen molar-refractivity contribution >= 4 is 5.65 Å². The number of methoxy groups -OCH3 is 1. The number of hydrogen-bond donors (Lipinski definition) is 0. The quantitative estimate of drug-likeness (QED) is 0.683. The molecule has 0 aliphatic carbocycles. The summed E-state index contributed by atoms with van der Waals surface area (Å²) in [7, 11) is 1.67. The number of nitrogens with zero attached hydrogens (tertiary/aromatic N) is 4. The normalized spacial score (nSPS) is 16.0. The van der Waals surface area contributed by atoms with Gasteiger partial charge in [0.25, 0.3) is 0 Å². The Labute approximate surface area is 153 Å². The number of likely N-dealkylation sites (tertiary alicyclic amines) is 1. The van der Waals surface area contributed by atoms with Crippen molar-refractivity contribution in [3.63, 3.8) is 0 Å². The van der Waals surface area contributed by atoms with Crippen molar-refractivity contribution < 1.29 is 9.47 Å². The van der Waals surface area contributed by atoms with Gasteiger partial charge in [-0.3, -0.25) is 9.30 Å². The second-order valence-corrected chi connectivity index (χ2v) is 6.63. The van der Waals surface area contributed by atoms with E-state index in [2.05, 4.69) is 25.7 Å². The highest BCUT2D eigenvalue weighted by molar-refractivity contribution is 5.37. The topological polar surface area (TPSA) is 51.9 Å². The predicted molar refractivity (Wildman–Crippen MR) is 99.9 cm³/mol. The summed E-state index contributed by atoms with van der Waals surface area (Å²) in [6.45, 7) is 3.78. The van der Waals surface area contributed by atoms with Crippen LogP contribution in [0.4, 0.5) is 0 Å². The first kappa shape index (κ1) is 16.8. The molecule has 0 unspecified atom stereocenters. The molecule has 0 bridgehead atoms. The Bertz CT molecular complexity index is 838. The van der Waals surface area contributed by atoms with Crippen LogP contribution in [-0.2, 0) is 0 Å². The highest BCUT2D eigenvalue weighted by atomic mass is 16.5. The molecule has 1 aliphatic heterocycles. The minimum absolute atomic E-state index is 0.478. The van der Waals surface area contributed by atoms with Gasteiger partial charge in [-0.15, -0.1) is 10.2 Å². The molecule has 1 fully saturated rings. The Morgan fingerprint density at radius 2 is 1.77 bits per heavy atom. The van der Waals surface area contributed by atoms with Crippen LogP contribution in [0.5, 0.6) is 11.5 Å². The zero-order valence-corrected chi connectivity index (χ0v) is 15.0. The van der Waals surface area contributed by atoms with E-state index >= 15 is 0 Å². The van der Waals surface area contributed by atoms with Gasteiger partial charge in [0.15, 0.2) is 5.65 Å². The first-order chi connectivity index (χ1) is 12.8. The van der Waals surface area contributed by atoms with Crippen molar-refractivity contribution in [2.45, 2.75) is 18.8 Å². The van der Waals surface area contributed by atoms with Gasteiger partial charge < -0.3 is 9.47 Å².